The molecule has 0 fully saturated rings. The van der Waals surface area contributed by atoms with Gasteiger partial charge in [0.25, 0.3) is 5.91 Å². The highest BCUT2D eigenvalue weighted by Crippen LogP contribution is 2.09. The average Bonchev–Trinajstić information content (AvgIpc) is 2.00. The van der Waals surface area contributed by atoms with Gasteiger partial charge in [-0.25, -0.2) is 0 Å². The molecule has 12 heavy (non-hydrogen) atoms. The number of allylic oxidation sites excluding steroid dienone is 1. The molecule has 2 N–H and O–H groups in total. The van der Waals surface area contributed by atoms with Crippen LogP contribution < -0.4 is 5.73 Å². The molecule has 0 bridgehead atoms. The van der Waals surface area contributed by atoms with Crippen molar-refractivity contribution < 1.29 is 4.79 Å². The number of rotatable bonds is 2. The molecule has 0 aromatic rings. The summed E-state index contributed by atoms with van der Waals surface area (Å²) >= 11 is 0. The Hall–Kier alpha value is -0.990. The van der Waals surface area contributed by atoms with E-state index in [1.54, 1.807) is 21.0 Å². The van der Waals surface area contributed by atoms with Gasteiger partial charge in [-0.1, -0.05) is 13.8 Å². The Kier molecular flexibility index (Phi) is 3.80. The van der Waals surface area contributed by atoms with Crippen molar-refractivity contribution in [3.8, 4) is 0 Å². The lowest BCUT2D eigenvalue weighted by Crippen LogP contribution is -2.25. The number of hydrogen-bond acceptors (Lipinski definition) is 2. The quantitative estimate of drug-likeness (QED) is 0.627. The minimum Gasteiger partial charge on any atom is -0.401 e. The summed E-state index contributed by atoms with van der Waals surface area (Å²) in [7, 11) is 3.44. The first-order chi connectivity index (χ1) is 5.37. The Morgan fingerprint density at radius 1 is 1.33 bits per heavy atom. The molecule has 0 aromatic carbocycles. The second-order valence-electron chi connectivity index (χ2n) is 3.43. The molecule has 0 aliphatic heterocycles. The summed E-state index contributed by atoms with van der Waals surface area (Å²) in [5, 5.41) is 0. The largest absolute Gasteiger partial charge is 0.401 e. The van der Waals surface area contributed by atoms with Crippen molar-refractivity contribution in [1.82, 2.24) is 4.90 Å². The highest BCUT2D eigenvalue weighted by Gasteiger charge is 2.11. The van der Waals surface area contributed by atoms with Gasteiger partial charge in [-0.3, -0.25) is 4.79 Å². The summed E-state index contributed by atoms with van der Waals surface area (Å²) in [6, 6.07) is 0. The van der Waals surface area contributed by atoms with Crippen LogP contribution in [0.15, 0.2) is 11.3 Å². The molecule has 0 saturated carbocycles. The molecule has 0 aliphatic carbocycles. The third kappa shape index (κ3) is 2.57. The number of nitrogens with zero attached hydrogens (tertiary/aromatic N) is 1. The van der Waals surface area contributed by atoms with Gasteiger partial charge in [0, 0.05) is 25.4 Å². The van der Waals surface area contributed by atoms with E-state index >= 15 is 0 Å². The molecule has 0 heterocycles. The van der Waals surface area contributed by atoms with Crippen molar-refractivity contribution in [2.45, 2.75) is 20.8 Å². The molecule has 3 nitrogen and oxygen atoms in total. The van der Waals surface area contributed by atoms with Crippen LogP contribution in [-0.2, 0) is 4.79 Å². The van der Waals surface area contributed by atoms with Gasteiger partial charge in [0.15, 0.2) is 0 Å². The molecule has 0 atom stereocenters. The van der Waals surface area contributed by atoms with Crippen molar-refractivity contribution in [2.75, 3.05) is 14.1 Å². The zero-order valence-electron chi connectivity index (χ0n) is 8.51. The predicted octanol–water partition coefficient (Wildman–Crippen LogP) is 0.963. The van der Waals surface area contributed by atoms with Crippen LogP contribution in [-0.4, -0.2) is 24.9 Å². The standard InChI is InChI=1S/C9H18N2O/c1-6(2)8(10)7(3)9(12)11(4)5/h6H,10H2,1-5H3. The maximum atomic E-state index is 11.4. The zero-order valence-corrected chi connectivity index (χ0v) is 8.51. The van der Waals surface area contributed by atoms with E-state index in [2.05, 4.69) is 0 Å². The third-order valence-corrected chi connectivity index (χ3v) is 1.78. The maximum absolute atomic E-state index is 11.4. The molecule has 0 radical (unpaired) electrons. The van der Waals surface area contributed by atoms with E-state index < -0.39 is 0 Å². The molecule has 3 heteroatoms. The van der Waals surface area contributed by atoms with E-state index in [9.17, 15) is 4.79 Å². The molecule has 0 saturated heterocycles. The van der Waals surface area contributed by atoms with Gasteiger partial charge in [-0.05, 0) is 12.8 Å². The van der Waals surface area contributed by atoms with Crippen molar-refractivity contribution in [2.24, 2.45) is 11.7 Å². The molecule has 0 unspecified atom stereocenters. The second kappa shape index (κ2) is 4.14. The van der Waals surface area contributed by atoms with E-state index in [4.69, 9.17) is 5.73 Å². The van der Waals surface area contributed by atoms with Crippen molar-refractivity contribution in [3.05, 3.63) is 11.3 Å². The summed E-state index contributed by atoms with van der Waals surface area (Å²) in [5.74, 6) is 0.218. The minimum atomic E-state index is -0.0128. The van der Waals surface area contributed by atoms with Gasteiger partial charge >= 0.3 is 0 Å². The average molecular weight is 170 g/mol. The van der Waals surface area contributed by atoms with Gasteiger partial charge in [-0.2, -0.15) is 0 Å². The number of carbonyl (C=O) groups excluding carboxylic acids is 1. The minimum absolute atomic E-state index is 0.0128. The van der Waals surface area contributed by atoms with Crippen LogP contribution in [0.3, 0.4) is 0 Å². The van der Waals surface area contributed by atoms with Crippen LogP contribution in [0, 0.1) is 5.92 Å². The Morgan fingerprint density at radius 2 is 1.75 bits per heavy atom. The van der Waals surface area contributed by atoms with E-state index in [1.807, 2.05) is 13.8 Å². The maximum Gasteiger partial charge on any atom is 0.250 e. The lowest BCUT2D eigenvalue weighted by Gasteiger charge is -2.14. The highest BCUT2D eigenvalue weighted by atomic mass is 16.2. The van der Waals surface area contributed by atoms with Crippen LogP contribution in [0.4, 0.5) is 0 Å². The first-order valence-corrected chi connectivity index (χ1v) is 4.05. The van der Waals surface area contributed by atoms with Crippen LogP contribution in [0.5, 0.6) is 0 Å². The van der Waals surface area contributed by atoms with E-state index in [0.717, 1.165) is 0 Å². The molecule has 0 aromatic heterocycles. The van der Waals surface area contributed by atoms with Gasteiger partial charge in [0.1, 0.15) is 0 Å². The molecular formula is C9H18N2O. The Labute approximate surface area is 74.2 Å². The van der Waals surface area contributed by atoms with E-state index in [0.29, 0.717) is 11.3 Å². The molecular weight excluding hydrogens is 152 g/mol. The van der Waals surface area contributed by atoms with E-state index in [-0.39, 0.29) is 11.8 Å². The zero-order chi connectivity index (χ0) is 9.89. The molecule has 0 spiro atoms. The first kappa shape index (κ1) is 11.0. The summed E-state index contributed by atoms with van der Waals surface area (Å²) in [4.78, 5) is 12.9. The van der Waals surface area contributed by atoms with E-state index in [1.165, 1.54) is 4.90 Å². The number of carbonyl (C=O) groups is 1. The SMILES string of the molecule is CC(C(=O)N(C)C)=C(N)C(C)C. The second-order valence-corrected chi connectivity index (χ2v) is 3.43. The third-order valence-electron chi connectivity index (χ3n) is 1.78. The van der Waals surface area contributed by atoms with Crippen LogP contribution in [0.2, 0.25) is 0 Å². The summed E-state index contributed by atoms with van der Waals surface area (Å²) in [6.45, 7) is 5.71. The fourth-order valence-corrected chi connectivity index (χ4v) is 0.892. The molecule has 0 aliphatic rings. The van der Waals surface area contributed by atoms with Crippen LogP contribution in [0.25, 0.3) is 0 Å². The monoisotopic (exact) mass is 170 g/mol. The lowest BCUT2D eigenvalue weighted by molar-refractivity contribution is -0.124. The Bertz CT molecular complexity index is 205. The van der Waals surface area contributed by atoms with Crippen LogP contribution >= 0.6 is 0 Å². The first-order valence-electron chi connectivity index (χ1n) is 4.05. The van der Waals surface area contributed by atoms with Crippen molar-refractivity contribution in [1.29, 1.82) is 0 Å². The predicted molar refractivity (Wildman–Crippen MR) is 50.4 cm³/mol. The number of amides is 1. The number of likely N-dealkylation sites (N-methyl/N-ethyl adjacent to an activating group) is 1. The molecule has 1 amide bonds. The summed E-state index contributed by atoms with van der Waals surface area (Å²) < 4.78 is 0. The molecule has 70 valence electrons. The van der Waals surface area contributed by atoms with Gasteiger partial charge < -0.3 is 10.6 Å². The highest BCUT2D eigenvalue weighted by molar-refractivity contribution is 5.93. The lowest BCUT2D eigenvalue weighted by atomic mass is 10.1. The molecule has 0 rings (SSSR count). The topological polar surface area (TPSA) is 46.3 Å². The number of hydrogen-bond donors (Lipinski definition) is 1. The van der Waals surface area contributed by atoms with Gasteiger partial charge in [0.2, 0.25) is 0 Å². The number of nitrogens with two attached hydrogens (primary N) is 1. The smallest absolute Gasteiger partial charge is 0.250 e. The summed E-state index contributed by atoms with van der Waals surface area (Å²) in [6.07, 6.45) is 0. The Balaban J connectivity index is 4.67. The summed E-state index contributed by atoms with van der Waals surface area (Å²) in [5.41, 5.74) is 7.05. The Morgan fingerprint density at radius 3 is 2.00 bits per heavy atom. The van der Waals surface area contributed by atoms with Crippen molar-refractivity contribution >= 4 is 5.91 Å². The van der Waals surface area contributed by atoms with Crippen LogP contribution in [0.1, 0.15) is 20.8 Å². The normalized spacial score (nSPS) is 12.8. The van der Waals surface area contributed by atoms with Gasteiger partial charge in [0.05, 0.1) is 0 Å². The fourth-order valence-electron chi connectivity index (χ4n) is 0.892. The van der Waals surface area contributed by atoms with Crippen molar-refractivity contribution in [3.63, 3.8) is 0 Å². The van der Waals surface area contributed by atoms with Gasteiger partial charge in [-0.15, -0.1) is 0 Å². The fraction of sp³-hybridized carbons (Fsp3) is 0.667.